The van der Waals surface area contributed by atoms with Crippen LogP contribution in [0.3, 0.4) is 0 Å². The summed E-state index contributed by atoms with van der Waals surface area (Å²) in [6, 6.07) is 13.9. The molecule has 7 nitrogen and oxygen atoms in total. The zero-order chi connectivity index (χ0) is 20.1. The van der Waals surface area contributed by atoms with Gasteiger partial charge in [-0.1, -0.05) is 15.9 Å². The fourth-order valence-electron chi connectivity index (χ4n) is 2.92. The second-order valence-electron chi connectivity index (χ2n) is 6.28. The zero-order valence-electron chi connectivity index (χ0n) is 15.3. The first kappa shape index (κ1) is 19.9. The molecule has 2 aromatic carbocycles. The summed E-state index contributed by atoms with van der Waals surface area (Å²) >= 11 is 3.30. The molecule has 28 heavy (non-hydrogen) atoms. The average Bonchev–Trinajstić information content (AvgIpc) is 3.09. The van der Waals surface area contributed by atoms with E-state index in [0.29, 0.717) is 17.9 Å². The molecule has 1 heterocycles. The van der Waals surface area contributed by atoms with Gasteiger partial charge in [0.15, 0.2) is 0 Å². The largest absolute Gasteiger partial charge is 0.494 e. The molecule has 0 saturated carbocycles. The number of halogens is 1. The first-order valence-electron chi connectivity index (χ1n) is 8.87. The zero-order valence-corrected chi connectivity index (χ0v) is 16.9. The fraction of sp³-hybridized carbons (Fsp3) is 0.250. The van der Waals surface area contributed by atoms with E-state index in [1.54, 1.807) is 53.4 Å². The molecule has 0 radical (unpaired) electrons. The number of rotatable bonds is 5. The van der Waals surface area contributed by atoms with Crippen molar-refractivity contribution >= 4 is 39.3 Å². The molecule has 2 N–H and O–H groups in total. The van der Waals surface area contributed by atoms with Gasteiger partial charge in [0.2, 0.25) is 11.8 Å². The Bertz CT molecular complexity index is 868. The van der Waals surface area contributed by atoms with Crippen LogP contribution in [0.5, 0.6) is 5.75 Å². The van der Waals surface area contributed by atoms with Crippen LogP contribution in [0.15, 0.2) is 53.0 Å². The van der Waals surface area contributed by atoms with Crippen molar-refractivity contribution in [3.05, 3.63) is 58.6 Å². The van der Waals surface area contributed by atoms with Crippen LogP contribution in [0.25, 0.3) is 0 Å². The summed E-state index contributed by atoms with van der Waals surface area (Å²) in [5.74, 6) is -0.767. The van der Waals surface area contributed by atoms with Crippen molar-refractivity contribution in [2.24, 2.45) is 5.92 Å². The molecule has 8 heteroatoms. The molecular weight excluding hydrogens is 426 g/mol. The van der Waals surface area contributed by atoms with E-state index in [1.807, 2.05) is 6.92 Å². The minimum atomic E-state index is -0.538. The van der Waals surface area contributed by atoms with Gasteiger partial charge in [-0.2, -0.15) is 0 Å². The van der Waals surface area contributed by atoms with Gasteiger partial charge in [0.05, 0.1) is 12.5 Å². The summed E-state index contributed by atoms with van der Waals surface area (Å²) < 4.78 is 6.25. The number of hydrogen-bond donors (Lipinski definition) is 2. The smallest absolute Gasteiger partial charge is 0.269 e. The third kappa shape index (κ3) is 4.69. The quantitative estimate of drug-likeness (QED) is 0.692. The number of anilines is 1. The van der Waals surface area contributed by atoms with E-state index in [2.05, 4.69) is 26.8 Å². The standard InChI is InChI=1S/C20H20BrN3O4/c1-2-28-17-9-7-16(8-10-17)24-12-14(11-18(24)25)20(27)23-22-19(26)13-3-5-15(21)6-4-13/h3-10,14H,2,11-12H2,1H3,(H,22,26)(H,23,27)/t14-/m0/s1. The normalized spacial score (nSPS) is 16.0. The fourth-order valence-corrected chi connectivity index (χ4v) is 3.18. The van der Waals surface area contributed by atoms with Gasteiger partial charge < -0.3 is 9.64 Å². The summed E-state index contributed by atoms with van der Waals surface area (Å²) in [4.78, 5) is 38.3. The van der Waals surface area contributed by atoms with Crippen LogP contribution in [0, 0.1) is 5.92 Å². The van der Waals surface area contributed by atoms with Crippen molar-refractivity contribution in [1.29, 1.82) is 0 Å². The third-order valence-corrected chi connectivity index (χ3v) is 4.89. The van der Waals surface area contributed by atoms with Gasteiger partial charge in [-0.25, -0.2) is 0 Å². The number of carbonyl (C=O) groups excluding carboxylic acids is 3. The highest BCUT2D eigenvalue weighted by Crippen LogP contribution is 2.27. The van der Waals surface area contributed by atoms with E-state index in [0.717, 1.165) is 10.2 Å². The van der Waals surface area contributed by atoms with Gasteiger partial charge in [0.1, 0.15) is 5.75 Å². The lowest BCUT2D eigenvalue weighted by atomic mass is 10.1. The third-order valence-electron chi connectivity index (χ3n) is 4.36. The molecule has 3 rings (SSSR count). The molecule has 2 aromatic rings. The summed E-state index contributed by atoms with van der Waals surface area (Å²) in [6.45, 7) is 2.72. The number of benzene rings is 2. The van der Waals surface area contributed by atoms with Crippen LogP contribution in [-0.2, 0) is 9.59 Å². The lowest BCUT2D eigenvalue weighted by Gasteiger charge is -2.17. The van der Waals surface area contributed by atoms with E-state index < -0.39 is 17.7 Å². The maximum Gasteiger partial charge on any atom is 0.269 e. The van der Waals surface area contributed by atoms with Crippen molar-refractivity contribution in [3.63, 3.8) is 0 Å². The van der Waals surface area contributed by atoms with E-state index in [9.17, 15) is 14.4 Å². The minimum Gasteiger partial charge on any atom is -0.494 e. The number of hydrogen-bond acceptors (Lipinski definition) is 4. The average molecular weight is 446 g/mol. The molecule has 0 spiro atoms. The molecular formula is C20H20BrN3O4. The molecule has 1 saturated heterocycles. The highest BCUT2D eigenvalue weighted by molar-refractivity contribution is 9.10. The number of nitrogens with one attached hydrogen (secondary N) is 2. The van der Waals surface area contributed by atoms with Gasteiger partial charge in [-0.05, 0) is 55.5 Å². The van der Waals surface area contributed by atoms with E-state index in [1.165, 1.54) is 0 Å². The second-order valence-corrected chi connectivity index (χ2v) is 7.20. The Morgan fingerprint density at radius 3 is 2.43 bits per heavy atom. The van der Waals surface area contributed by atoms with Gasteiger partial charge >= 0.3 is 0 Å². The summed E-state index contributed by atoms with van der Waals surface area (Å²) in [5.41, 5.74) is 5.92. The van der Waals surface area contributed by atoms with Crippen molar-refractivity contribution < 1.29 is 19.1 Å². The predicted octanol–water partition coefficient (Wildman–Crippen LogP) is 2.66. The predicted molar refractivity (Wildman–Crippen MR) is 108 cm³/mol. The maximum atomic E-state index is 12.4. The number of amides is 3. The lowest BCUT2D eigenvalue weighted by molar-refractivity contribution is -0.126. The molecule has 0 unspecified atom stereocenters. The Morgan fingerprint density at radius 2 is 1.79 bits per heavy atom. The molecule has 1 fully saturated rings. The summed E-state index contributed by atoms with van der Waals surface area (Å²) in [6.07, 6.45) is 0.0905. The van der Waals surface area contributed by atoms with Gasteiger partial charge in [0, 0.05) is 28.7 Å². The number of hydrazine groups is 1. The molecule has 1 atom stereocenters. The molecule has 146 valence electrons. The number of carbonyl (C=O) groups is 3. The first-order chi connectivity index (χ1) is 13.5. The monoisotopic (exact) mass is 445 g/mol. The van der Waals surface area contributed by atoms with Gasteiger partial charge in [-0.3, -0.25) is 25.2 Å². The van der Waals surface area contributed by atoms with E-state index in [4.69, 9.17) is 4.74 Å². The number of ether oxygens (including phenoxy) is 1. The molecule has 1 aliphatic heterocycles. The SMILES string of the molecule is CCOc1ccc(N2C[C@@H](C(=O)NNC(=O)c3ccc(Br)cc3)CC2=O)cc1. The summed E-state index contributed by atoms with van der Waals surface area (Å²) in [7, 11) is 0. The second kappa shape index (κ2) is 8.88. The van der Waals surface area contributed by atoms with Crippen LogP contribution < -0.4 is 20.5 Å². The maximum absolute atomic E-state index is 12.4. The molecule has 0 aliphatic carbocycles. The lowest BCUT2D eigenvalue weighted by Crippen LogP contribution is -2.45. The number of nitrogens with zero attached hydrogens (tertiary/aromatic N) is 1. The van der Waals surface area contributed by atoms with Crippen LogP contribution in [-0.4, -0.2) is 30.9 Å². The Labute approximate surface area is 171 Å². The molecule has 1 aliphatic rings. The van der Waals surface area contributed by atoms with Crippen molar-refractivity contribution in [2.45, 2.75) is 13.3 Å². The van der Waals surface area contributed by atoms with Crippen LogP contribution in [0.2, 0.25) is 0 Å². The molecule has 3 amide bonds. The van der Waals surface area contributed by atoms with Crippen LogP contribution in [0.1, 0.15) is 23.7 Å². The van der Waals surface area contributed by atoms with Gasteiger partial charge in [0.25, 0.3) is 5.91 Å². The topological polar surface area (TPSA) is 87.7 Å². The highest BCUT2D eigenvalue weighted by Gasteiger charge is 2.35. The minimum absolute atomic E-state index is 0.0905. The Morgan fingerprint density at radius 1 is 1.11 bits per heavy atom. The van der Waals surface area contributed by atoms with Crippen molar-refractivity contribution in [1.82, 2.24) is 10.9 Å². The highest BCUT2D eigenvalue weighted by atomic mass is 79.9. The molecule has 0 aromatic heterocycles. The van der Waals surface area contributed by atoms with Crippen LogP contribution in [0.4, 0.5) is 5.69 Å². The Hall–Kier alpha value is -2.87. The van der Waals surface area contributed by atoms with E-state index >= 15 is 0 Å². The summed E-state index contributed by atoms with van der Waals surface area (Å²) in [5, 5.41) is 0. The molecule has 0 bridgehead atoms. The van der Waals surface area contributed by atoms with E-state index in [-0.39, 0.29) is 18.9 Å². The Kier molecular flexibility index (Phi) is 6.30. The Balaban J connectivity index is 1.56. The van der Waals surface area contributed by atoms with Gasteiger partial charge in [-0.15, -0.1) is 0 Å². The van der Waals surface area contributed by atoms with Crippen molar-refractivity contribution in [2.75, 3.05) is 18.1 Å². The van der Waals surface area contributed by atoms with Crippen LogP contribution >= 0.6 is 15.9 Å². The van der Waals surface area contributed by atoms with Crippen molar-refractivity contribution in [3.8, 4) is 5.75 Å². The first-order valence-corrected chi connectivity index (χ1v) is 9.66.